The lowest BCUT2D eigenvalue weighted by Crippen LogP contribution is -2.47. The van der Waals surface area contributed by atoms with E-state index < -0.39 is 0 Å². The molecule has 0 spiro atoms. The van der Waals surface area contributed by atoms with E-state index in [-0.39, 0.29) is 17.8 Å². The highest BCUT2D eigenvalue weighted by molar-refractivity contribution is 5.76. The van der Waals surface area contributed by atoms with Crippen molar-refractivity contribution in [1.82, 2.24) is 9.80 Å². The van der Waals surface area contributed by atoms with Gasteiger partial charge in [-0.2, -0.15) is 0 Å². The van der Waals surface area contributed by atoms with Gasteiger partial charge >= 0.3 is 0 Å². The summed E-state index contributed by atoms with van der Waals surface area (Å²) in [4.78, 5) is 17.1. The Morgan fingerprint density at radius 3 is 2.43 bits per heavy atom. The van der Waals surface area contributed by atoms with Crippen LogP contribution in [0, 0.1) is 5.82 Å². The monoisotopic (exact) mass is 382 g/mol. The quantitative estimate of drug-likeness (QED) is 0.663. The Morgan fingerprint density at radius 1 is 1.07 bits per heavy atom. The zero-order chi connectivity index (χ0) is 19.8. The van der Waals surface area contributed by atoms with Crippen LogP contribution < -0.4 is 0 Å². The molecule has 0 bridgehead atoms. The first-order valence-electron chi connectivity index (χ1n) is 10.5. The molecule has 1 aliphatic heterocycles. The highest BCUT2D eigenvalue weighted by Crippen LogP contribution is 2.22. The van der Waals surface area contributed by atoms with Crippen molar-refractivity contribution >= 4 is 5.91 Å². The van der Waals surface area contributed by atoms with Crippen molar-refractivity contribution in [1.29, 1.82) is 0 Å². The van der Waals surface area contributed by atoms with Crippen LogP contribution in [0.4, 0.5) is 4.39 Å². The van der Waals surface area contributed by atoms with Crippen molar-refractivity contribution in [2.45, 2.75) is 51.6 Å². The van der Waals surface area contributed by atoms with E-state index in [1.165, 1.54) is 11.6 Å². The minimum atomic E-state index is -0.225. The molecule has 3 rings (SSSR count). The van der Waals surface area contributed by atoms with Crippen LogP contribution in [-0.2, 0) is 17.8 Å². The second-order valence-electron chi connectivity index (χ2n) is 7.67. The second kappa shape index (κ2) is 10.4. The average Bonchev–Trinajstić information content (AvgIpc) is 2.73. The van der Waals surface area contributed by atoms with Crippen molar-refractivity contribution < 1.29 is 9.18 Å². The van der Waals surface area contributed by atoms with Gasteiger partial charge in [0.15, 0.2) is 0 Å². The Balaban J connectivity index is 1.57. The smallest absolute Gasteiger partial charge is 0.223 e. The minimum Gasteiger partial charge on any atom is -0.335 e. The van der Waals surface area contributed by atoms with Gasteiger partial charge < -0.3 is 9.80 Å². The van der Waals surface area contributed by atoms with Crippen molar-refractivity contribution in [2.75, 3.05) is 19.6 Å². The van der Waals surface area contributed by atoms with E-state index in [2.05, 4.69) is 29.2 Å². The summed E-state index contributed by atoms with van der Waals surface area (Å²) in [6.07, 6.45) is 4.32. The number of amides is 1. The molecule has 1 fully saturated rings. The summed E-state index contributed by atoms with van der Waals surface area (Å²) in [5, 5.41) is 0. The topological polar surface area (TPSA) is 23.6 Å². The van der Waals surface area contributed by atoms with Gasteiger partial charge in [0, 0.05) is 44.2 Å². The summed E-state index contributed by atoms with van der Waals surface area (Å²) in [6.45, 7) is 5.42. The Morgan fingerprint density at radius 2 is 1.75 bits per heavy atom. The van der Waals surface area contributed by atoms with Crippen LogP contribution in [0.25, 0.3) is 0 Å². The highest BCUT2D eigenvalue weighted by atomic mass is 19.1. The molecule has 28 heavy (non-hydrogen) atoms. The zero-order valence-electron chi connectivity index (χ0n) is 16.8. The van der Waals surface area contributed by atoms with Crippen LogP contribution in [0.1, 0.15) is 43.7 Å². The normalized spacial score (nSPS) is 15.5. The van der Waals surface area contributed by atoms with E-state index in [0.29, 0.717) is 18.5 Å². The third-order valence-electron chi connectivity index (χ3n) is 5.64. The third kappa shape index (κ3) is 5.65. The molecular weight excluding hydrogens is 351 g/mol. The zero-order valence-corrected chi connectivity index (χ0v) is 16.8. The number of rotatable bonds is 8. The number of carbonyl (C=O) groups is 1. The fraction of sp³-hybridized carbons (Fsp3) is 0.458. The number of piperidine rings is 1. The van der Waals surface area contributed by atoms with Crippen LogP contribution in [0.5, 0.6) is 0 Å². The Kier molecular flexibility index (Phi) is 7.61. The summed E-state index contributed by atoms with van der Waals surface area (Å²) in [5.74, 6) is -0.0782. The van der Waals surface area contributed by atoms with Gasteiger partial charge in [-0.25, -0.2) is 4.39 Å². The molecule has 1 heterocycles. The van der Waals surface area contributed by atoms with Crippen LogP contribution in [0.15, 0.2) is 54.6 Å². The molecule has 0 N–H and O–H groups in total. The molecule has 0 radical (unpaired) electrons. The van der Waals surface area contributed by atoms with E-state index in [0.717, 1.165) is 45.3 Å². The van der Waals surface area contributed by atoms with Crippen LogP contribution in [-0.4, -0.2) is 41.4 Å². The fourth-order valence-electron chi connectivity index (χ4n) is 3.98. The van der Waals surface area contributed by atoms with E-state index in [9.17, 15) is 9.18 Å². The van der Waals surface area contributed by atoms with Crippen LogP contribution >= 0.6 is 0 Å². The Hall–Kier alpha value is -2.20. The molecule has 1 aliphatic rings. The summed E-state index contributed by atoms with van der Waals surface area (Å²) in [7, 11) is 0. The standard InChI is InChI=1S/C24H31FN2O/c1-2-8-24(28)27(19-21-11-6-7-12-23(21)25)22-14-17-26(18-15-22)16-13-20-9-4-3-5-10-20/h3-7,9-12,22H,2,8,13-19H2,1H3. The van der Waals surface area contributed by atoms with Gasteiger partial charge in [0.05, 0.1) is 0 Å². The van der Waals surface area contributed by atoms with Crippen LogP contribution in [0.2, 0.25) is 0 Å². The number of hydrogen-bond acceptors (Lipinski definition) is 2. The van der Waals surface area contributed by atoms with E-state index >= 15 is 0 Å². The Labute approximate surface area is 168 Å². The first-order valence-corrected chi connectivity index (χ1v) is 10.5. The molecule has 2 aromatic rings. The molecule has 0 atom stereocenters. The largest absolute Gasteiger partial charge is 0.335 e. The van der Waals surface area contributed by atoms with Gasteiger partial charge in [-0.05, 0) is 37.3 Å². The number of nitrogens with zero attached hydrogens (tertiary/aromatic N) is 2. The van der Waals surface area contributed by atoms with Crippen LogP contribution in [0.3, 0.4) is 0 Å². The molecule has 4 heteroatoms. The second-order valence-corrected chi connectivity index (χ2v) is 7.67. The lowest BCUT2D eigenvalue weighted by atomic mass is 10.0. The lowest BCUT2D eigenvalue weighted by molar-refractivity contribution is -0.135. The third-order valence-corrected chi connectivity index (χ3v) is 5.64. The minimum absolute atomic E-state index is 0.147. The predicted molar refractivity (Wildman–Crippen MR) is 111 cm³/mol. The maximum Gasteiger partial charge on any atom is 0.223 e. The van der Waals surface area contributed by atoms with Gasteiger partial charge in [-0.15, -0.1) is 0 Å². The Bertz CT molecular complexity index is 741. The van der Waals surface area contributed by atoms with Gasteiger partial charge in [0.2, 0.25) is 5.91 Å². The average molecular weight is 383 g/mol. The van der Waals surface area contributed by atoms with Gasteiger partial charge in [-0.1, -0.05) is 55.5 Å². The van der Waals surface area contributed by atoms with Gasteiger partial charge in [0.25, 0.3) is 0 Å². The lowest BCUT2D eigenvalue weighted by Gasteiger charge is -2.39. The number of halogens is 1. The number of carbonyl (C=O) groups excluding carboxylic acids is 1. The highest BCUT2D eigenvalue weighted by Gasteiger charge is 2.28. The summed E-state index contributed by atoms with van der Waals surface area (Å²) in [5.41, 5.74) is 1.97. The molecule has 2 aromatic carbocycles. The van der Waals surface area contributed by atoms with Crippen molar-refractivity contribution in [2.24, 2.45) is 0 Å². The SMILES string of the molecule is CCCC(=O)N(Cc1ccccc1F)C1CCN(CCc2ccccc2)CC1. The molecule has 0 aromatic heterocycles. The first-order chi connectivity index (χ1) is 13.7. The molecule has 1 amide bonds. The maximum atomic E-state index is 14.1. The number of likely N-dealkylation sites (tertiary alicyclic amines) is 1. The molecule has 0 unspecified atom stereocenters. The first kappa shape index (κ1) is 20.5. The van der Waals surface area contributed by atoms with E-state index in [1.807, 2.05) is 24.0 Å². The number of hydrogen-bond donors (Lipinski definition) is 0. The van der Waals surface area contributed by atoms with Crippen molar-refractivity contribution in [3.05, 3.63) is 71.5 Å². The summed E-state index contributed by atoms with van der Waals surface area (Å²) >= 11 is 0. The summed E-state index contributed by atoms with van der Waals surface area (Å²) < 4.78 is 14.1. The summed E-state index contributed by atoms with van der Waals surface area (Å²) in [6, 6.07) is 17.6. The fourth-order valence-corrected chi connectivity index (χ4v) is 3.98. The molecular formula is C24H31FN2O. The molecule has 3 nitrogen and oxygen atoms in total. The van der Waals surface area contributed by atoms with Crippen molar-refractivity contribution in [3.8, 4) is 0 Å². The molecule has 1 saturated heterocycles. The van der Waals surface area contributed by atoms with E-state index in [4.69, 9.17) is 0 Å². The van der Waals surface area contributed by atoms with Crippen molar-refractivity contribution in [3.63, 3.8) is 0 Å². The van der Waals surface area contributed by atoms with Gasteiger partial charge in [0.1, 0.15) is 5.82 Å². The molecule has 0 aliphatic carbocycles. The van der Waals surface area contributed by atoms with E-state index in [1.54, 1.807) is 12.1 Å². The van der Waals surface area contributed by atoms with Gasteiger partial charge in [-0.3, -0.25) is 4.79 Å². The molecule has 150 valence electrons. The predicted octanol–water partition coefficient (Wildman–Crippen LogP) is 4.66. The maximum absolute atomic E-state index is 14.1. The number of benzene rings is 2. The molecule has 0 saturated carbocycles.